The van der Waals surface area contributed by atoms with E-state index in [0.29, 0.717) is 6.04 Å². The van der Waals surface area contributed by atoms with Gasteiger partial charge in [0.15, 0.2) is 0 Å². The van der Waals surface area contributed by atoms with Crippen LogP contribution in [0.4, 0.5) is 10.5 Å². The molecule has 2 aliphatic rings. The van der Waals surface area contributed by atoms with E-state index in [-0.39, 0.29) is 12.1 Å². The molecule has 2 fully saturated rings. The maximum atomic E-state index is 12.0. The number of ether oxygens (including phenoxy) is 1. The predicted molar refractivity (Wildman–Crippen MR) is 82.4 cm³/mol. The van der Waals surface area contributed by atoms with Gasteiger partial charge in [-0.25, -0.2) is 4.79 Å². The normalized spacial score (nSPS) is 23.9. The molecular formula is C16H23N3O2. The number of hydrogen-bond donors (Lipinski definition) is 2. The van der Waals surface area contributed by atoms with Crippen LogP contribution in [0.3, 0.4) is 0 Å². The van der Waals surface area contributed by atoms with Crippen LogP contribution < -0.4 is 10.6 Å². The molecule has 3 rings (SSSR count). The van der Waals surface area contributed by atoms with Crippen molar-refractivity contribution in [2.75, 3.05) is 31.6 Å². The van der Waals surface area contributed by atoms with Crippen LogP contribution in [-0.2, 0) is 4.74 Å². The second-order valence-electron chi connectivity index (χ2n) is 5.79. The average molecular weight is 289 g/mol. The highest BCUT2D eigenvalue weighted by atomic mass is 16.5. The van der Waals surface area contributed by atoms with Crippen LogP contribution in [0, 0.1) is 0 Å². The van der Waals surface area contributed by atoms with Gasteiger partial charge in [0, 0.05) is 44.1 Å². The van der Waals surface area contributed by atoms with Crippen molar-refractivity contribution in [1.82, 2.24) is 10.2 Å². The Morgan fingerprint density at radius 1 is 1.14 bits per heavy atom. The largest absolute Gasteiger partial charge is 0.381 e. The lowest BCUT2D eigenvalue weighted by Crippen LogP contribution is -2.43. The zero-order valence-corrected chi connectivity index (χ0v) is 12.3. The molecule has 5 nitrogen and oxygen atoms in total. The topological polar surface area (TPSA) is 53.6 Å². The fraction of sp³-hybridized carbons (Fsp3) is 0.562. The summed E-state index contributed by atoms with van der Waals surface area (Å²) < 4.78 is 5.41. The fourth-order valence-corrected chi connectivity index (χ4v) is 3.16. The summed E-state index contributed by atoms with van der Waals surface area (Å²) in [6.07, 6.45) is 3.26. The number of hydrogen-bond acceptors (Lipinski definition) is 3. The van der Waals surface area contributed by atoms with Crippen LogP contribution in [0.5, 0.6) is 0 Å². The second kappa shape index (κ2) is 6.91. The molecule has 2 N–H and O–H groups in total. The van der Waals surface area contributed by atoms with E-state index < -0.39 is 0 Å². The lowest BCUT2D eigenvalue weighted by atomic mass is 10.1. The number of rotatable bonds is 3. The smallest absolute Gasteiger partial charge is 0.319 e. The molecule has 1 aromatic carbocycles. The summed E-state index contributed by atoms with van der Waals surface area (Å²) in [5.74, 6) is 0. The molecule has 0 aromatic heterocycles. The summed E-state index contributed by atoms with van der Waals surface area (Å²) in [5.41, 5.74) is 0.828. The Kier molecular flexibility index (Phi) is 4.72. The number of urea groups is 1. The first-order valence-corrected chi connectivity index (χ1v) is 7.75. The minimum absolute atomic E-state index is 0.111. The van der Waals surface area contributed by atoms with Gasteiger partial charge in [-0.15, -0.1) is 0 Å². The van der Waals surface area contributed by atoms with Crippen molar-refractivity contribution in [2.45, 2.75) is 31.3 Å². The van der Waals surface area contributed by atoms with Gasteiger partial charge in [-0.2, -0.15) is 0 Å². The number of carbonyl (C=O) groups excluding carboxylic acids is 1. The Morgan fingerprint density at radius 3 is 2.67 bits per heavy atom. The molecule has 1 atom stereocenters. The number of likely N-dealkylation sites (tertiary alicyclic amines) is 1. The Labute approximate surface area is 125 Å². The third kappa shape index (κ3) is 3.95. The highest BCUT2D eigenvalue weighted by molar-refractivity contribution is 5.89. The lowest BCUT2D eigenvalue weighted by Gasteiger charge is -2.31. The van der Waals surface area contributed by atoms with Crippen molar-refractivity contribution in [3.8, 4) is 0 Å². The maximum absolute atomic E-state index is 12.0. The molecular weight excluding hydrogens is 266 g/mol. The Balaban J connectivity index is 1.45. The number of carbonyl (C=O) groups is 1. The van der Waals surface area contributed by atoms with Gasteiger partial charge in [-0.05, 0) is 31.4 Å². The van der Waals surface area contributed by atoms with Crippen LogP contribution in [0.15, 0.2) is 30.3 Å². The van der Waals surface area contributed by atoms with E-state index in [2.05, 4.69) is 15.5 Å². The van der Waals surface area contributed by atoms with Crippen LogP contribution >= 0.6 is 0 Å². The first-order chi connectivity index (χ1) is 10.3. The Bertz CT molecular complexity index is 460. The molecule has 2 heterocycles. The molecule has 2 amide bonds. The molecule has 1 unspecified atom stereocenters. The Morgan fingerprint density at radius 2 is 1.90 bits per heavy atom. The van der Waals surface area contributed by atoms with E-state index in [1.165, 1.54) is 0 Å². The van der Waals surface area contributed by atoms with Crippen LogP contribution in [0.25, 0.3) is 0 Å². The summed E-state index contributed by atoms with van der Waals surface area (Å²) >= 11 is 0. The van der Waals surface area contributed by atoms with Gasteiger partial charge in [-0.1, -0.05) is 18.2 Å². The van der Waals surface area contributed by atoms with Crippen molar-refractivity contribution >= 4 is 11.7 Å². The highest BCUT2D eigenvalue weighted by Crippen LogP contribution is 2.20. The molecule has 0 aliphatic carbocycles. The Hall–Kier alpha value is -1.59. The first kappa shape index (κ1) is 14.4. The lowest BCUT2D eigenvalue weighted by molar-refractivity contribution is 0.0418. The van der Waals surface area contributed by atoms with Crippen molar-refractivity contribution in [1.29, 1.82) is 0 Å². The summed E-state index contributed by atoms with van der Waals surface area (Å²) in [7, 11) is 0. The minimum atomic E-state index is -0.111. The molecule has 0 saturated carbocycles. The van der Waals surface area contributed by atoms with Gasteiger partial charge >= 0.3 is 6.03 Å². The van der Waals surface area contributed by atoms with Crippen molar-refractivity contribution in [3.05, 3.63) is 30.3 Å². The van der Waals surface area contributed by atoms with E-state index in [4.69, 9.17) is 4.74 Å². The van der Waals surface area contributed by atoms with E-state index in [9.17, 15) is 4.79 Å². The van der Waals surface area contributed by atoms with Crippen molar-refractivity contribution in [2.24, 2.45) is 0 Å². The molecule has 1 aromatic rings. The van der Waals surface area contributed by atoms with Crippen molar-refractivity contribution < 1.29 is 9.53 Å². The number of benzene rings is 1. The maximum Gasteiger partial charge on any atom is 0.319 e. The zero-order chi connectivity index (χ0) is 14.5. The number of para-hydroxylation sites is 1. The van der Waals surface area contributed by atoms with Crippen LogP contribution in [0.2, 0.25) is 0 Å². The third-order valence-corrected chi connectivity index (χ3v) is 4.29. The molecule has 0 bridgehead atoms. The monoisotopic (exact) mass is 289 g/mol. The third-order valence-electron chi connectivity index (χ3n) is 4.29. The minimum Gasteiger partial charge on any atom is -0.381 e. The first-order valence-electron chi connectivity index (χ1n) is 7.75. The summed E-state index contributed by atoms with van der Waals surface area (Å²) in [5, 5.41) is 5.95. The molecule has 0 radical (unpaired) electrons. The SMILES string of the molecule is O=C(Nc1ccccc1)NC1CCN(C2CCOCC2)C1. The van der Waals surface area contributed by atoms with Gasteiger partial charge in [0.25, 0.3) is 0 Å². The van der Waals surface area contributed by atoms with E-state index >= 15 is 0 Å². The predicted octanol–water partition coefficient (Wildman–Crippen LogP) is 2.06. The average Bonchev–Trinajstić information content (AvgIpc) is 2.97. The number of anilines is 1. The standard InChI is InChI=1S/C16H23N3O2/c20-16(17-13-4-2-1-3-5-13)18-14-6-9-19(12-14)15-7-10-21-11-8-15/h1-5,14-15H,6-12H2,(H2,17,18,20). The highest BCUT2D eigenvalue weighted by Gasteiger charge is 2.29. The second-order valence-corrected chi connectivity index (χ2v) is 5.79. The molecule has 0 spiro atoms. The summed E-state index contributed by atoms with van der Waals surface area (Å²) in [6.45, 7) is 3.76. The van der Waals surface area contributed by atoms with Crippen molar-refractivity contribution in [3.63, 3.8) is 0 Å². The number of nitrogens with one attached hydrogen (secondary N) is 2. The zero-order valence-electron chi connectivity index (χ0n) is 12.3. The van der Waals surface area contributed by atoms with E-state index in [0.717, 1.165) is 51.3 Å². The van der Waals surface area contributed by atoms with E-state index in [1.54, 1.807) is 0 Å². The molecule has 5 heteroatoms. The van der Waals surface area contributed by atoms with Gasteiger partial charge in [0.05, 0.1) is 0 Å². The number of amides is 2. The summed E-state index contributed by atoms with van der Waals surface area (Å²) in [6, 6.07) is 10.3. The quantitative estimate of drug-likeness (QED) is 0.895. The van der Waals surface area contributed by atoms with Gasteiger partial charge < -0.3 is 15.4 Å². The fourth-order valence-electron chi connectivity index (χ4n) is 3.16. The van der Waals surface area contributed by atoms with Crippen LogP contribution in [-0.4, -0.2) is 49.3 Å². The molecule has 2 saturated heterocycles. The van der Waals surface area contributed by atoms with E-state index in [1.807, 2.05) is 30.3 Å². The van der Waals surface area contributed by atoms with Gasteiger partial charge in [0.1, 0.15) is 0 Å². The molecule has 2 aliphatic heterocycles. The summed E-state index contributed by atoms with van der Waals surface area (Å²) in [4.78, 5) is 14.5. The van der Waals surface area contributed by atoms with Gasteiger partial charge in [-0.3, -0.25) is 4.90 Å². The van der Waals surface area contributed by atoms with Crippen LogP contribution in [0.1, 0.15) is 19.3 Å². The molecule has 21 heavy (non-hydrogen) atoms. The molecule has 114 valence electrons. The van der Waals surface area contributed by atoms with Gasteiger partial charge in [0.2, 0.25) is 0 Å². The number of nitrogens with zero attached hydrogens (tertiary/aromatic N) is 1.